The highest BCUT2D eigenvalue weighted by Crippen LogP contribution is 2.18. The fourth-order valence-electron chi connectivity index (χ4n) is 3.47. The van der Waals surface area contributed by atoms with Crippen LogP contribution in [0.25, 0.3) is 0 Å². The van der Waals surface area contributed by atoms with Gasteiger partial charge in [-0.3, -0.25) is 4.99 Å². The lowest BCUT2D eigenvalue weighted by molar-refractivity contribution is -0.156. The Hall–Kier alpha value is -3.11. The summed E-state index contributed by atoms with van der Waals surface area (Å²) in [4.78, 5) is 19.1. The predicted molar refractivity (Wildman–Crippen MR) is 140 cm³/mol. The number of carbonyl (C=O) groups is 1. The number of thiocarbonyl (C=S) groups is 1. The monoisotopic (exact) mass is 457 g/mol. The largest absolute Gasteiger partial charge is 0.458 e. The molecule has 0 aliphatic heterocycles. The number of esters is 1. The summed E-state index contributed by atoms with van der Waals surface area (Å²) in [6.07, 6.45) is 1.27. The van der Waals surface area contributed by atoms with Gasteiger partial charge in [-0.15, -0.1) is 0 Å². The fourth-order valence-corrected chi connectivity index (χ4v) is 3.61. The van der Waals surface area contributed by atoms with Crippen molar-refractivity contribution in [1.82, 2.24) is 0 Å². The maximum Gasteiger partial charge on any atom is 0.331 e. The van der Waals surface area contributed by atoms with Gasteiger partial charge >= 0.3 is 5.97 Å². The molecule has 0 spiro atoms. The number of nitrogens with zero attached hydrogens (tertiary/aromatic N) is 1. The van der Waals surface area contributed by atoms with Gasteiger partial charge in [-0.25, -0.2) is 4.79 Å². The van der Waals surface area contributed by atoms with Crippen molar-refractivity contribution in [3.63, 3.8) is 0 Å². The molecule has 3 aromatic rings. The van der Waals surface area contributed by atoms with Crippen LogP contribution >= 0.6 is 12.2 Å². The molecular formula is C29H31NO2S. The Bertz CT molecular complexity index is 1060. The SMILES string of the molecule is CCC(=S)c1ccc(CC(N=C(c2ccccc2)c2ccccc2)C(=O)OC(C)(C)C)cc1. The average molecular weight is 458 g/mol. The van der Waals surface area contributed by atoms with E-state index in [1.807, 2.05) is 106 Å². The Morgan fingerprint density at radius 3 is 1.82 bits per heavy atom. The number of carbonyl (C=O) groups excluding carboxylic acids is 1. The van der Waals surface area contributed by atoms with Gasteiger partial charge in [0.15, 0.2) is 6.04 Å². The first-order chi connectivity index (χ1) is 15.8. The standard InChI is InChI=1S/C29H31NO2S/c1-5-26(33)22-18-16-21(17-19-22)20-25(28(31)32-29(2,3)4)30-27(23-12-8-6-9-13-23)24-14-10-7-11-15-24/h6-19,25H,5,20H2,1-4H3. The van der Waals surface area contributed by atoms with Crippen molar-refractivity contribution < 1.29 is 9.53 Å². The molecule has 1 unspecified atom stereocenters. The van der Waals surface area contributed by atoms with Gasteiger partial charge in [0.2, 0.25) is 0 Å². The summed E-state index contributed by atoms with van der Waals surface area (Å²) in [5.74, 6) is -0.333. The minimum atomic E-state index is -0.677. The molecule has 0 heterocycles. The molecule has 3 aromatic carbocycles. The normalized spacial score (nSPS) is 12.0. The van der Waals surface area contributed by atoms with Crippen molar-refractivity contribution >= 4 is 28.8 Å². The quantitative estimate of drug-likeness (QED) is 0.165. The molecule has 0 N–H and O–H groups in total. The molecule has 0 aliphatic rings. The van der Waals surface area contributed by atoms with Gasteiger partial charge in [0.25, 0.3) is 0 Å². The molecule has 33 heavy (non-hydrogen) atoms. The third kappa shape index (κ3) is 7.19. The molecule has 0 bridgehead atoms. The van der Waals surface area contributed by atoms with E-state index in [9.17, 15) is 4.79 Å². The van der Waals surface area contributed by atoms with Crippen LogP contribution in [0.5, 0.6) is 0 Å². The third-order valence-electron chi connectivity index (χ3n) is 5.08. The van der Waals surface area contributed by atoms with Crippen LogP contribution in [0, 0.1) is 0 Å². The molecule has 0 amide bonds. The topological polar surface area (TPSA) is 38.7 Å². The Morgan fingerprint density at radius 1 is 0.848 bits per heavy atom. The summed E-state index contributed by atoms with van der Waals surface area (Å²) in [5.41, 5.74) is 4.15. The molecule has 0 aromatic heterocycles. The van der Waals surface area contributed by atoms with Crippen molar-refractivity contribution in [3.05, 3.63) is 107 Å². The second-order valence-electron chi connectivity index (χ2n) is 8.94. The summed E-state index contributed by atoms with van der Waals surface area (Å²) in [6, 6.07) is 27.3. The van der Waals surface area contributed by atoms with Gasteiger partial charge in [-0.05, 0) is 38.3 Å². The summed E-state index contributed by atoms with van der Waals surface area (Å²) in [7, 11) is 0. The summed E-state index contributed by atoms with van der Waals surface area (Å²) < 4.78 is 5.76. The zero-order valence-corrected chi connectivity index (χ0v) is 20.6. The van der Waals surface area contributed by atoms with Crippen molar-refractivity contribution in [2.75, 3.05) is 0 Å². The average Bonchev–Trinajstić information content (AvgIpc) is 2.81. The van der Waals surface area contributed by atoms with Crippen LogP contribution in [0.1, 0.15) is 56.4 Å². The molecule has 0 fully saturated rings. The highest BCUT2D eigenvalue weighted by molar-refractivity contribution is 7.80. The fraction of sp³-hybridized carbons (Fsp3) is 0.276. The second kappa shape index (κ2) is 11.2. The molecule has 4 heteroatoms. The molecule has 0 saturated heterocycles. The van der Waals surface area contributed by atoms with Crippen molar-refractivity contribution in [1.29, 1.82) is 0 Å². The lowest BCUT2D eigenvalue weighted by atomic mass is 9.99. The molecular weight excluding hydrogens is 426 g/mol. The molecule has 170 valence electrons. The maximum absolute atomic E-state index is 13.2. The van der Waals surface area contributed by atoms with Crippen LogP contribution in [-0.4, -0.2) is 28.2 Å². The van der Waals surface area contributed by atoms with Gasteiger partial charge in [0.1, 0.15) is 5.60 Å². The van der Waals surface area contributed by atoms with Crippen LogP contribution < -0.4 is 0 Å². The van der Waals surface area contributed by atoms with Gasteiger partial charge in [0.05, 0.1) is 5.71 Å². The van der Waals surface area contributed by atoms with Crippen LogP contribution in [0.2, 0.25) is 0 Å². The van der Waals surface area contributed by atoms with E-state index in [-0.39, 0.29) is 5.97 Å². The van der Waals surface area contributed by atoms with E-state index in [4.69, 9.17) is 21.9 Å². The number of hydrogen-bond donors (Lipinski definition) is 0. The molecule has 0 saturated carbocycles. The zero-order valence-electron chi connectivity index (χ0n) is 19.7. The number of benzene rings is 3. The first kappa shape index (κ1) is 24.5. The number of aliphatic imine (C=N–C) groups is 1. The summed E-state index contributed by atoms with van der Waals surface area (Å²) in [6.45, 7) is 7.68. The third-order valence-corrected chi connectivity index (χ3v) is 5.61. The van der Waals surface area contributed by atoms with E-state index in [0.717, 1.165) is 39.3 Å². The van der Waals surface area contributed by atoms with Crippen molar-refractivity contribution in [2.24, 2.45) is 4.99 Å². The summed E-state index contributed by atoms with van der Waals surface area (Å²) >= 11 is 5.42. The highest BCUT2D eigenvalue weighted by Gasteiger charge is 2.26. The Kier molecular flexibility index (Phi) is 8.29. The predicted octanol–water partition coefficient (Wildman–Crippen LogP) is 6.61. The van der Waals surface area contributed by atoms with E-state index in [0.29, 0.717) is 6.42 Å². The smallest absolute Gasteiger partial charge is 0.331 e. The summed E-state index contributed by atoms with van der Waals surface area (Å²) in [5, 5.41) is 0. The minimum absolute atomic E-state index is 0.333. The number of rotatable bonds is 8. The van der Waals surface area contributed by atoms with Gasteiger partial charge in [-0.2, -0.15) is 0 Å². The Labute approximate surface area is 202 Å². The molecule has 3 nitrogen and oxygen atoms in total. The van der Waals surface area contributed by atoms with Gasteiger partial charge in [0, 0.05) is 22.4 Å². The molecule has 3 rings (SSSR count). The highest BCUT2D eigenvalue weighted by atomic mass is 32.1. The van der Waals surface area contributed by atoms with Gasteiger partial charge in [-0.1, -0.05) is 104 Å². The van der Waals surface area contributed by atoms with Crippen LogP contribution in [0.4, 0.5) is 0 Å². The van der Waals surface area contributed by atoms with E-state index in [1.165, 1.54) is 0 Å². The molecule has 1 atom stereocenters. The van der Waals surface area contributed by atoms with Crippen molar-refractivity contribution in [3.8, 4) is 0 Å². The number of hydrogen-bond acceptors (Lipinski definition) is 4. The number of ether oxygens (including phenoxy) is 1. The van der Waals surface area contributed by atoms with E-state index in [1.54, 1.807) is 0 Å². The Balaban J connectivity index is 2.02. The Morgan fingerprint density at radius 2 is 1.36 bits per heavy atom. The van der Waals surface area contributed by atoms with E-state index in [2.05, 4.69) is 6.92 Å². The second-order valence-corrected chi connectivity index (χ2v) is 9.43. The van der Waals surface area contributed by atoms with E-state index < -0.39 is 11.6 Å². The zero-order chi connectivity index (χ0) is 23.8. The first-order valence-corrected chi connectivity index (χ1v) is 11.7. The minimum Gasteiger partial charge on any atom is -0.458 e. The molecule has 0 radical (unpaired) electrons. The van der Waals surface area contributed by atoms with Crippen LogP contribution in [0.3, 0.4) is 0 Å². The van der Waals surface area contributed by atoms with E-state index >= 15 is 0 Å². The van der Waals surface area contributed by atoms with Crippen LogP contribution in [0.15, 0.2) is 89.9 Å². The van der Waals surface area contributed by atoms with Gasteiger partial charge < -0.3 is 4.74 Å². The lowest BCUT2D eigenvalue weighted by Crippen LogP contribution is -2.33. The van der Waals surface area contributed by atoms with Crippen LogP contribution in [-0.2, 0) is 16.0 Å². The first-order valence-electron chi connectivity index (χ1n) is 11.3. The maximum atomic E-state index is 13.2. The molecule has 0 aliphatic carbocycles. The lowest BCUT2D eigenvalue weighted by Gasteiger charge is -2.23. The van der Waals surface area contributed by atoms with Crippen molar-refractivity contribution in [2.45, 2.75) is 52.2 Å².